The molecule has 1 saturated heterocycles. The van der Waals surface area contributed by atoms with Crippen molar-refractivity contribution in [3.63, 3.8) is 0 Å². The molecule has 1 aromatic heterocycles. The zero-order valence-electron chi connectivity index (χ0n) is 19.9. The average Bonchev–Trinajstić information content (AvgIpc) is 3.39. The van der Waals surface area contributed by atoms with Gasteiger partial charge in [0.2, 0.25) is 0 Å². The van der Waals surface area contributed by atoms with Gasteiger partial charge in [-0.05, 0) is 61.7 Å². The Morgan fingerprint density at radius 2 is 1.88 bits per heavy atom. The second-order valence-electron chi connectivity index (χ2n) is 8.88. The molecule has 33 heavy (non-hydrogen) atoms. The smallest absolute Gasteiger partial charge is 0.123 e. The van der Waals surface area contributed by atoms with Gasteiger partial charge >= 0.3 is 0 Å². The summed E-state index contributed by atoms with van der Waals surface area (Å²) in [6.45, 7) is 6.97. The van der Waals surface area contributed by atoms with Crippen molar-refractivity contribution in [2.24, 2.45) is 5.92 Å². The quantitative estimate of drug-likeness (QED) is 0.439. The van der Waals surface area contributed by atoms with E-state index in [1.165, 1.54) is 24.0 Å². The number of methoxy groups -OCH3 is 2. The van der Waals surface area contributed by atoms with Gasteiger partial charge in [-0.2, -0.15) is 5.10 Å². The van der Waals surface area contributed by atoms with Crippen LogP contribution in [-0.2, 0) is 17.8 Å². The molecule has 1 aliphatic heterocycles. The predicted octanol–water partition coefficient (Wildman–Crippen LogP) is 4.24. The number of rotatable bonds is 11. The van der Waals surface area contributed by atoms with Crippen LogP contribution in [0.25, 0.3) is 5.69 Å². The lowest BCUT2D eigenvalue weighted by Gasteiger charge is -2.35. The number of ether oxygens (including phenoxy) is 2. The molecule has 3 aromatic rings. The molecule has 0 bridgehead atoms. The molecule has 176 valence electrons. The second kappa shape index (κ2) is 12.0. The minimum absolute atomic E-state index is 0.713. The third kappa shape index (κ3) is 6.67. The van der Waals surface area contributed by atoms with E-state index in [0.29, 0.717) is 5.92 Å². The summed E-state index contributed by atoms with van der Waals surface area (Å²) in [5.41, 5.74) is 3.69. The highest BCUT2D eigenvalue weighted by Crippen LogP contribution is 2.24. The fraction of sp³-hybridized carbons (Fsp3) is 0.444. The molecule has 6 heteroatoms. The van der Waals surface area contributed by atoms with Crippen LogP contribution in [0.3, 0.4) is 0 Å². The molecule has 2 heterocycles. The Morgan fingerprint density at radius 1 is 1.03 bits per heavy atom. The zero-order chi connectivity index (χ0) is 22.9. The van der Waals surface area contributed by atoms with E-state index in [1.54, 1.807) is 14.2 Å². The van der Waals surface area contributed by atoms with E-state index in [-0.39, 0.29) is 0 Å². The SMILES string of the molecule is COCCN(Cc1cccc(-n2cccn2)c1)CC1CCN(Cc2ccccc2OC)CC1. The number of nitrogens with zero attached hydrogens (tertiary/aromatic N) is 4. The molecular weight excluding hydrogens is 412 g/mol. The molecule has 1 aliphatic rings. The van der Waals surface area contributed by atoms with Crippen LogP contribution < -0.4 is 4.74 Å². The van der Waals surface area contributed by atoms with E-state index in [9.17, 15) is 0 Å². The molecule has 0 atom stereocenters. The van der Waals surface area contributed by atoms with Crippen LogP contribution in [-0.4, -0.2) is 66.6 Å². The number of para-hydroxylation sites is 1. The maximum absolute atomic E-state index is 5.54. The van der Waals surface area contributed by atoms with Gasteiger partial charge in [0.25, 0.3) is 0 Å². The van der Waals surface area contributed by atoms with Gasteiger partial charge in [-0.15, -0.1) is 0 Å². The molecule has 0 radical (unpaired) electrons. The average molecular weight is 449 g/mol. The third-order valence-corrected chi connectivity index (χ3v) is 6.51. The number of hydrogen-bond donors (Lipinski definition) is 0. The fourth-order valence-corrected chi connectivity index (χ4v) is 4.70. The summed E-state index contributed by atoms with van der Waals surface area (Å²) in [6.07, 6.45) is 6.26. The number of benzene rings is 2. The molecule has 0 saturated carbocycles. The van der Waals surface area contributed by atoms with Crippen LogP contribution in [0.1, 0.15) is 24.0 Å². The lowest BCUT2D eigenvalue weighted by Crippen LogP contribution is -2.39. The minimum atomic E-state index is 0.713. The summed E-state index contributed by atoms with van der Waals surface area (Å²) in [5, 5.41) is 4.37. The fourth-order valence-electron chi connectivity index (χ4n) is 4.70. The first-order chi connectivity index (χ1) is 16.2. The van der Waals surface area contributed by atoms with Gasteiger partial charge in [-0.3, -0.25) is 9.80 Å². The molecule has 0 aliphatic carbocycles. The normalized spacial score (nSPS) is 15.2. The Labute approximate surface area is 197 Å². The summed E-state index contributed by atoms with van der Waals surface area (Å²) in [4.78, 5) is 5.10. The van der Waals surface area contributed by atoms with Gasteiger partial charge < -0.3 is 9.47 Å². The van der Waals surface area contributed by atoms with Crippen LogP contribution in [0.15, 0.2) is 67.0 Å². The Bertz CT molecular complexity index is 968. The van der Waals surface area contributed by atoms with Crippen molar-refractivity contribution in [3.05, 3.63) is 78.1 Å². The molecular formula is C27H36N4O2. The summed E-state index contributed by atoms with van der Waals surface area (Å²) in [7, 11) is 3.54. The largest absolute Gasteiger partial charge is 0.496 e. The molecule has 0 N–H and O–H groups in total. The first-order valence-corrected chi connectivity index (χ1v) is 11.9. The molecule has 0 unspecified atom stereocenters. The molecule has 0 amide bonds. The summed E-state index contributed by atoms with van der Waals surface area (Å²) in [5.74, 6) is 1.70. The standard InChI is InChI=1S/C27H36N4O2/c1-32-18-17-30(21-24-7-5-9-26(19-24)31-14-6-13-28-31)20-23-11-15-29(16-12-23)22-25-8-3-4-10-27(25)33-2/h3-10,13-14,19,23H,11-12,15-18,20-22H2,1-2H3. The Balaban J connectivity index is 1.32. The number of piperidine rings is 1. The van der Waals surface area contributed by atoms with Crippen LogP contribution in [0, 0.1) is 5.92 Å². The monoisotopic (exact) mass is 448 g/mol. The third-order valence-electron chi connectivity index (χ3n) is 6.51. The van der Waals surface area contributed by atoms with E-state index in [4.69, 9.17) is 9.47 Å². The zero-order valence-corrected chi connectivity index (χ0v) is 19.9. The molecule has 2 aromatic carbocycles. The van der Waals surface area contributed by atoms with Gasteiger partial charge in [0.05, 0.1) is 19.4 Å². The highest BCUT2D eigenvalue weighted by molar-refractivity contribution is 5.35. The van der Waals surface area contributed by atoms with Crippen LogP contribution in [0.5, 0.6) is 5.75 Å². The predicted molar refractivity (Wildman–Crippen MR) is 132 cm³/mol. The summed E-state index contributed by atoms with van der Waals surface area (Å²) in [6, 6.07) is 19.0. The highest BCUT2D eigenvalue weighted by Gasteiger charge is 2.22. The molecule has 1 fully saturated rings. The van der Waals surface area contributed by atoms with Crippen molar-refractivity contribution in [2.45, 2.75) is 25.9 Å². The van der Waals surface area contributed by atoms with Crippen molar-refractivity contribution in [1.29, 1.82) is 0 Å². The van der Waals surface area contributed by atoms with Gasteiger partial charge in [-0.25, -0.2) is 4.68 Å². The van der Waals surface area contributed by atoms with Crippen molar-refractivity contribution < 1.29 is 9.47 Å². The van der Waals surface area contributed by atoms with Gasteiger partial charge in [0.1, 0.15) is 5.75 Å². The van der Waals surface area contributed by atoms with E-state index in [1.807, 2.05) is 29.2 Å². The first-order valence-electron chi connectivity index (χ1n) is 11.9. The van der Waals surface area contributed by atoms with E-state index in [2.05, 4.69) is 57.4 Å². The Morgan fingerprint density at radius 3 is 2.64 bits per heavy atom. The summed E-state index contributed by atoms with van der Waals surface area (Å²) < 4.78 is 12.9. The van der Waals surface area contributed by atoms with Gasteiger partial charge in [0.15, 0.2) is 0 Å². The van der Waals surface area contributed by atoms with Gasteiger partial charge in [0, 0.05) is 51.2 Å². The molecule has 0 spiro atoms. The van der Waals surface area contributed by atoms with Crippen LogP contribution in [0.2, 0.25) is 0 Å². The lowest BCUT2D eigenvalue weighted by molar-refractivity contribution is 0.106. The Hall–Kier alpha value is -2.67. The van der Waals surface area contributed by atoms with E-state index in [0.717, 1.165) is 57.3 Å². The lowest BCUT2D eigenvalue weighted by atomic mass is 9.95. The van der Waals surface area contributed by atoms with Crippen molar-refractivity contribution in [2.75, 3.05) is 47.0 Å². The first kappa shape index (κ1) is 23.5. The van der Waals surface area contributed by atoms with Crippen molar-refractivity contribution in [1.82, 2.24) is 19.6 Å². The Kier molecular flexibility index (Phi) is 8.53. The van der Waals surface area contributed by atoms with Crippen molar-refractivity contribution >= 4 is 0 Å². The van der Waals surface area contributed by atoms with Crippen LogP contribution in [0.4, 0.5) is 0 Å². The number of likely N-dealkylation sites (tertiary alicyclic amines) is 1. The maximum Gasteiger partial charge on any atom is 0.123 e. The maximum atomic E-state index is 5.54. The number of hydrogen-bond acceptors (Lipinski definition) is 5. The minimum Gasteiger partial charge on any atom is -0.496 e. The molecule has 6 nitrogen and oxygen atoms in total. The summed E-state index contributed by atoms with van der Waals surface area (Å²) >= 11 is 0. The topological polar surface area (TPSA) is 42.8 Å². The van der Waals surface area contributed by atoms with Gasteiger partial charge in [-0.1, -0.05) is 30.3 Å². The molecule has 4 rings (SSSR count). The van der Waals surface area contributed by atoms with E-state index >= 15 is 0 Å². The van der Waals surface area contributed by atoms with E-state index < -0.39 is 0 Å². The van der Waals surface area contributed by atoms with Crippen LogP contribution >= 0.6 is 0 Å². The van der Waals surface area contributed by atoms with Crippen molar-refractivity contribution in [3.8, 4) is 11.4 Å². The second-order valence-corrected chi connectivity index (χ2v) is 8.88. The number of aromatic nitrogens is 2. The highest BCUT2D eigenvalue weighted by atomic mass is 16.5.